The largest absolute Gasteiger partial charge is 0.444 e. The lowest BCUT2D eigenvalue weighted by atomic mass is 10.1. The predicted octanol–water partition coefficient (Wildman–Crippen LogP) is 4.59. The number of benzene rings is 1. The number of aryl methyl sites for hydroxylation is 1. The number of fused-ring (bicyclic) bond motifs is 1. The molecule has 2 aromatic rings. The third-order valence-electron chi connectivity index (χ3n) is 3.71. The van der Waals surface area contributed by atoms with Crippen molar-refractivity contribution in [2.75, 3.05) is 5.32 Å². The number of hydrogen-bond acceptors (Lipinski definition) is 4. The van der Waals surface area contributed by atoms with Crippen molar-refractivity contribution < 1.29 is 14.3 Å². The minimum atomic E-state index is -0.595. The Morgan fingerprint density at radius 2 is 1.96 bits per heavy atom. The summed E-state index contributed by atoms with van der Waals surface area (Å²) in [6.07, 6.45) is 0.949. The molecule has 0 aliphatic rings. The monoisotopic (exact) mass is 371 g/mol. The molecule has 0 saturated heterocycles. The van der Waals surface area contributed by atoms with Crippen molar-refractivity contribution in [2.24, 2.45) is 0 Å². The average molecular weight is 371 g/mol. The number of allylic oxidation sites excluding steroid dienone is 2. The maximum Gasteiger partial charge on any atom is 0.412 e. The van der Waals surface area contributed by atoms with Crippen LogP contribution in [-0.2, 0) is 4.74 Å². The van der Waals surface area contributed by atoms with Crippen LogP contribution in [0.15, 0.2) is 29.8 Å². The van der Waals surface area contributed by atoms with Gasteiger partial charge < -0.3 is 9.07 Å². The van der Waals surface area contributed by atoms with Crippen LogP contribution in [0.1, 0.15) is 43.7 Å². The molecule has 1 amide bonds. The van der Waals surface area contributed by atoms with Gasteiger partial charge in [-0.15, -0.1) is 0 Å². The summed E-state index contributed by atoms with van der Waals surface area (Å²) in [6.45, 7) is 8.90. The first-order chi connectivity index (χ1) is 12.1. The van der Waals surface area contributed by atoms with Crippen LogP contribution in [0.5, 0.6) is 0 Å². The summed E-state index contributed by atoms with van der Waals surface area (Å²) >= 11 is 0. The van der Waals surface area contributed by atoms with E-state index in [1.807, 2.05) is 19.1 Å². The summed E-state index contributed by atoms with van der Waals surface area (Å²) in [7, 11) is 2.47. The highest BCUT2D eigenvalue weighted by molar-refractivity contribution is 7.15. The number of Topliss-reactive ketones (excluding diaryl/α,β-unsaturated/α-hetero) is 1. The van der Waals surface area contributed by atoms with Gasteiger partial charge in [0.25, 0.3) is 0 Å². The van der Waals surface area contributed by atoms with E-state index in [9.17, 15) is 9.59 Å². The molecular weight excluding hydrogens is 349 g/mol. The van der Waals surface area contributed by atoms with Crippen molar-refractivity contribution in [1.82, 2.24) is 4.34 Å². The Morgan fingerprint density at radius 1 is 1.31 bits per heavy atom. The van der Waals surface area contributed by atoms with Crippen molar-refractivity contribution in [1.29, 1.82) is 5.26 Å². The fourth-order valence-electron chi connectivity index (χ4n) is 2.50. The molecule has 1 aromatic heterocycles. The van der Waals surface area contributed by atoms with Gasteiger partial charge >= 0.3 is 6.09 Å². The van der Waals surface area contributed by atoms with Gasteiger partial charge in [-0.25, -0.2) is 4.79 Å². The second-order valence-corrected chi connectivity index (χ2v) is 7.41. The Labute approximate surface area is 155 Å². The SMILES string of the molecule is C/C=C(\C#N)C(=O)c1cc2cc(C)c(NC(=O)OC(C)(C)C)cc2n1P. The Bertz CT molecular complexity index is 959. The number of amides is 1. The molecule has 2 rings (SSSR count). The summed E-state index contributed by atoms with van der Waals surface area (Å²) in [5, 5.41) is 12.7. The number of rotatable bonds is 3. The number of nitriles is 1. The highest BCUT2D eigenvalue weighted by Gasteiger charge is 2.20. The van der Waals surface area contributed by atoms with Gasteiger partial charge in [-0.1, -0.05) is 6.08 Å². The fourth-order valence-corrected chi connectivity index (χ4v) is 2.91. The quantitative estimate of drug-likeness (QED) is 0.370. The number of nitrogens with zero attached hydrogens (tertiary/aromatic N) is 2. The van der Waals surface area contributed by atoms with E-state index in [1.54, 1.807) is 44.2 Å². The molecule has 0 aliphatic heterocycles. The van der Waals surface area contributed by atoms with Crippen LogP contribution in [0.4, 0.5) is 10.5 Å². The number of hydrogen-bond donors (Lipinski definition) is 1. The maximum atomic E-state index is 12.5. The normalized spacial score (nSPS) is 12.0. The van der Waals surface area contributed by atoms with Gasteiger partial charge in [-0.3, -0.25) is 10.1 Å². The zero-order valence-corrected chi connectivity index (χ0v) is 16.7. The molecule has 1 unspecified atom stereocenters. The number of aromatic nitrogens is 1. The van der Waals surface area contributed by atoms with Crippen molar-refractivity contribution >= 4 is 37.9 Å². The second-order valence-electron chi connectivity index (χ2n) is 6.90. The topological polar surface area (TPSA) is 84.1 Å². The molecule has 0 bridgehead atoms. The van der Waals surface area contributed by atoms with Crippen LogP contribution < -0.4 is 5.32 Å². The summed E-state index contributed by atoms with van der Waals surface area (Å²) in [6, 6.07) is 7.29. The number of carbonyl (C=O) groups excluding carboxylic acids is 2. The summed E-state index contributed by atoms with van der Waals surface area (Å²) in [5.74, 6) is -0.347. The molecule has 1 aromatic carbocycles. The fraction of sp³-hybridized carbons (Fsp3) is 0.316. The Balaban J connectivity index is 2.45. The van der Waals surface area contributed by atoms with Crippen LogP contribution in [0, 0.1) is 18.3 Å². The van der Waals surface area contributed by atoms with Gasteiger partial charge in [-0.2, -0.15) is 5.26 Å². The van der Waals surface area contributed by atoms with Crippen LogP contribution in [-0.4, -0.2) is 21.8 Å². The lowest BCUT2D eigenvalue weighted by Crippen LogP contribution is -2.27. The number of ketones is 1. The number of carbonyl (C=O) groups is 2. The number of nitrogens with one attached hydrogen (secondary N) is 1. The van der Waals surface area contributed by atoms with Gasteiger partial charge in [0.15, 0.2) is 0 Å². The lowest BCUT2D eigenvalue weighted by Gasteiger charge is -2.20. The molecule has 0 spiro atoms. The minimum Gasteiger partial charge on any atom is -0.444 e. The van der Waals surface area contributed by atoms with Crippen LogP contribution in [0.3, 0.4) is 0 Å². The zero-order valence-electron chi connectivity index (χ0n) is 15.5. The van der Waals surface area contributed by atoms with E-state index in [0.717, 1.165) is 16.5 Å². The molecule has 1 heterocycles. The first kappa shape index (κ1) is 19.7. The molecule has 0 aliphatic carbocycles. The summed E-state index contributed by atoms with van der Waals surface area (Å²) in [4.78, 5) is 24.5. The number of anilines is 1. The summed E-state index contributed by atoms with van der Waals surface area (Å²) < 4.78 is 6.92. The van der Waals surface area contributed by atoms with Crippen molar-refractivity contribution in [3.8, 4) is 6.07 Å². The standard InChI is InChI=1S/C19H22N3O3P/c1-6-12(10-20)17(23)16-8-13-7-11(2)14(9-15(13)22(16)26)21-18(24)25-19(3,4)5/h6-9H,26H2,1-5H3,(H,21,24)/b12-6+. The molecule has 0 fully saturated rings. The molecule has 1 N–H and O–H groups in total. The van der Waals surface area contributed by atoms with E-state index in [2.05, 4.69) is 14.7 Å². The number of ether oxygens (including phenoxy) is 1. The third-order valence-corrected chi connectivity index (χ3v) is 4.26. The molecule has 6 nitrogen and oxygen atoms in total. The molecule has 0 saturated carbocycles. The Kier molecular flexibility index (Phi) is 5.53. The van der Waals surface area contributed by atoms with E-state index in [4.69, 9.17) is 10.00 Å². The highest BCUT2D eigenvalue weighted by atomic mass is 31.0. The van der Waals surface area contributed by atoms with E-state index in [-0.39, 0.29) is 11.4 Å². The lowest BCUT2D eigenvalue weighted by molar-refractivity contribution is 0.0635. The average Bonchev–Trinajstić information content (AvgIpc) is 2.83. The van der Waals surface area contributed by atoms with Gasteiger partial charge in [0.1, 0.15) is 11.7 Å². The van der Waals surface area contributed by atoms with Crippen LogP contribution in [0.25, 0.3) is 10.9 Å². The summed E-state index contributed by atoms with van der Waals surface area (Å²) in [5.41, 5.74) is 2.05. The Hall–Kier alpha value is -2.64. The van der Waals surface area contributed by atoms with Gasteiger partial charge in [0, 0.05) is 11.1 Å². The molecule has 0 radical (unpaired) electrons. The minimum absolute atomic E-state index is 0.0836. The van der Waals surface area contributed by atoms with Crippen molar-refractivity contribution in [3.05, 3.63) is 41.1 Å². The van der Waals surface area contributed by atoms with Gasteiger partial charge in [-0.05, 0) is 67.8 Å². The smallest absolute Gasteiger partial charge is 0.412 e. The van der Waals surface area contributed by atoms with Gasteiger partial charge in [0.2, 0.25) is 5.78 Å². The van der Waals surface area contributed by atoms with Crippen molar-refractivity contribution in [3.63, 3.8) is 0 Å². The van der Waals surface area contributed by atoms with Crippen molar-refractivity contribution in [2.45, 2.75) is 40.2 Å². The second kappa shape index (κ2) is 7.31. The predicted molar refractivity (Wildman–Crippen MR) is 105 cm³/mol. The molecule has 1 atom stereocenters. The molecule has 7 heteroatoms. The van der Waals surface area contributed by atoms with E-state index in [0.29, 0.717) is 11.4 Å². The van der Waals surface area contributed by atoms with E-state index < -0.39 is 11.7 Å². The maximum absolute atomic E-state index is 12.5. The van der Waals surface area contributed by atoms with Gasteiger partial charge in [0.05, 0.1) is 16.8 Å². The highest BCUT2D eigenvalue weighted by Crippen LogP contribution is 2.29. The Morgan fingerprint density at radius 3 is 2.50 bits per heavy atom. The first-order valence-corrected chi connectivity index (χ1v) is 8.61. The third kappa shape index (κ3) is 4.12. The van der Waals surface area contributed by atoms with E-state index in [1.165, 1.54) is 6.08 Å². The zero-order chi connectivity index (χ0) is 19.6. The first-order valence-electron chi connectivity index (χ1n) is 8.09. The van der Waals surface area contributed by atoms with E-state index >= 15 is 0 Å². The molecular formula is C19H22N3O3P. The molecule has 136 valence electrons. The van der Waals surface area contributed by atoms with Crippen LogP contribution in [0.2, 0.25) is 0 Å². The molecule has 26 heavy (non-hydrogen) atoms. The van der Waals surface area contributed by atoms with Crippen LogP contribution >= 0.6 is 9.39 Å².